The molecule has 23 heavy (non-hydrogen) atoms. The average Bonchev–Trinajstić information content (AvgIpc) is 3.04. The molecule has 0 bridgehead atoms. The molecular formula is C18H20N2O3. The van der Waals surface area contributed by atoms with Gasteiger partial charge >= 0.3 is 0 Å². The van der Waals surface area contributed by atoms with Crippen LogP contribution in [0, 0.1) is 0 Å². The van der Waals surface area contributed by atoms with E-state index >= 15 is 0 Å². The van der Waals surface area contributed by atoms with E-state index in [2.05, 4.69) is 11.7 Å². The van der Waals surface area contributed by atoms with Crippen LogP contribution in [0.3, 0.4) is 0 Å². The van der Waals surface area contributed by atoms with Gasteiger partial charge in [-0.15, -0.1) is 6.58 Å². The number of aryl methyl sites for hydroxylation is 1. The van der Waals surface area contributed by atoms with Gasteiger partial charge in [-0.3, -0.25) is 9.48 Å². The number of benzene rings is 1. The van der Waals surface area contributed by atoms with Crippen molar-refractivity contribution in [2.45, 2.75) is 19.9 Å². The van der Waals surface area contributed by atoms with Crippen LogP contribution < -0.4 is 4.74 Å². The molecule has 0 atom stereocenters. The van der Waals surface area contributed by atoms with E-state index in [1.807, 2.05) is 6.92 Å². The zero-order chi connectivity index (χ0) is 16.8. The first-order valence-electron chi connectivity index (χ1n) is 7.34. The molecule has 0 unspecified atom stereocenters. The van der Waals surface area contributed by atoms with E-state index in [1.165, 1.54) is 13.2 Å². The first-order chi connectivity index (χ1) is 11.1. The summed E-state index contributed by atoms with van der Waals surface area (Å²) < 4.78 is 6.87. The molecular weight excluding hydrogens is 292 g/mol. The minimum atomic E-state index is -0.123. The number of hydrogen-bond acceptors (Lipinski definition) is 4. The number of carbonyl (C=O) groups is 1. The Labute approximate surface area is 135 Å². The van der Waals surface area contributed by atoms with Gasteiger partial charge in [0.15, 0.2) is 17.3 Å². The van der Waals surface area contributed by atoms with Crippen LogP contribution in [0.4, 0.5) is 0 Å². The highest BCUT2D eigenvalue weighted by molar-refractivity contribution is 6.06. The topological polar surface area (TPSA) is 64.4 Å². The normalized spacial score (nSPS) is 10.9. The summed E-state index contributed by atoms with van der Waals surface area (Å²) in [5, 5.41) is 14.1. The third-order valence-electron chi connectivity index (χ3n) is 3.43. The predicted molar refractivity (Wildman–Crippen MR) is 89.8 cm³/mol. The molecule has 0 amide bonds. The Morgan fingerprint density at radius 3 is 2.87 bits per heavy atom. The number of nitrogens with zero attached hydrogens (tertiary/aromatic N) is 2. The highest BCUT2D eigenvalue weighted by Crippen LogP contribution is 2.32. The van der Waals surface area contributed by atoms with Crippen molar-refractivity contribution in [1.82, 2.24) is 9.78 Å². The lowest BCUT2D eigenvalue weighted by Crippen LogP contribution is -1.95. The van der Waals surface area contributed by atoms with Crippen molar-refractivity contribution in [3.8, 4) is 11.5 Å². The lowest BCUT2D eigenvalue weighted by molar-refractivity contribution is 0.104. The summed E-state index contributed by atoms with van der Waals surface area (Å²) in [5.41, 5.74) is 2.01. The third-order valence-corrected chi connectivity index (χ3v) is 3.43. The number of phenols is 1. The summed E-state index contributed by atoms with van der Waals surface area (Å²) in [7, 11) is 1.49. The fraction of sp³-hybridized carbons (Fsp3) is 0.222. The number of hydrogen-bond donors (Lipinski definition) is 1. The minimum Gasteiger partial charge on any atom is -0.504 e. The van der Waals surface area contributed by atoms with Crippen LogP contribution in [-0.2, 0) is 13.0 Å². The summed E-state index contributed by atoms with van der Waals surface area (Å²) >= 11 is 0. The first kappa shape index (κ1) is 16.5. The van der Waals surface area contributed by atoms with Crippen LogP contribution in [0.15, 0.2) is 43.3 Å². The zero-order valence-corrected chi connectivity index (χ0v) is 13.3. The van der Waals surface area contributed by atoms with Crippen LogP contribution in [0.1, 0.15) is 28.4 Å². The Bertz CT molecular complexity index is 745. The van der Waals surface area contributed by atoms with E-state index in [0.717, 1.165) is 12.1 Å². The number of ketones is 1. The molecule has 0 radical (unpaired) electrons. The average molecular weight is 312 g/mol. The van der Waals surface area contributed by atoms with Crippen LogP contribution in [0.25, 0.3) is 6.08 Å². The Morgan fingerprint density at radius 2 is 2.26 bits per heavy atom. The second kappa shape index (κ2) is 7.45. The highest BCUT2D eigenvalue weighted by atomic mass is 16.5. The Hall–Kier alpha value is -2.82. The molecule has 0 saturated heterocycles. The van der Waals surface area contributed by atoms with Crippen molar-refractivity contribution >= 4 is 11.9 Å². The van der Waals surface area contributed by atoms with Gasteiger partial charge in [-0.05, 0) is 37.1 Å². The van der Waals surface area contributed by atoms with Crippen molar-refractivity contribution in [3.05, 3.63) is 59.9 Å². The second-order valence-corrected chi connectivity index (χ2v) is 5.01. The van der Waals surface area contributed by atoms with Crippen LogP contribution >= 0.6 is 0 Å². The number of aromatic hydroxyl groups is 1. The molecule has 0 aliphatic heterocycles. The van der Waals surface area contributed by atoms with Gasteiger partial charge in [-0.25, -0.2) is 0 Å². The van der Waals surface area contributed by atoms with Gasteiger partial charge in [0.05, 0.1) is 18.9 Å². The molecule has 2 aromatic rings. The Morgan fingerprint density at radius 1 is 1.48 bits per heavy atom. The Balaban J connectivity index is 2.25. The fourth-order valence-electron chi connectivity index (χ4n) is 2.18. The molecule has 0 fully saturated rings. The molecule has 1 heterocycles. The van der Waals surface area contributed by atoms with Gasteiger partial charge < -0.3 is 9.84 Å². The standard InChI is InChI=1S/C18H20N2O3/c1-4-6-14-9-13(10-17(23-3)18(14)22)7-8-16(21)15-11-19-20(5-2)12-15/h4,7-12,22H,1,5-6H2,2-3H3/b8-7+. The van der Waals surface area contributed by atoms with Crippen LogP contribution in [-0.4, -0.2) is 27.8 Å². The van der Waals surface area contributed by atoms with Crippen molar-refractivity contribution in [2.75, 3.05) is 7.11 Å². The van der Waals surface area contributed by atoms with Crippen LogP contribution in [0.2, 0.25) is 0 Å². The van der Waals surface area contributed by atoms with E-state index in [9.17, 15) is 9.90 Å². The lowest BCUT2D eigenvalue weighted by atomic mass is 10.0. The van der Waals surface area contributed by atoms with Gasteiger partial charge in [0.1, 0.15) is 0 Å². The number of rotatable bonds is 7. The van der Waals surface area contributed by atoms with Gasteiger partial charge in [0.25, 0.3) is 0 Å². The smallest absolute Gasteiger partial charge is 0.189 e. The number of allylic oxidation sites excluding steroid dienone is 2. The number of carbonyl (C=O) groups excluding carboxylic acids is 1. The first-order valence-corrected chi connectivity index (χ1v) is 7.34. The molecule has 0 saturated carbocycles. The monoisotopic (exact) mass is 312 g/mol. The molecule has 0 aliphatic rings. The second-order valence-electron chi connectivity index (χ2n) is 5.01. The molecule has 0 aliphatic carbocycles. The van der Waals surface area contributed by atoms with E-state index in [0.29, 0.717) is 23.3 Å². The fourth-order valence-corrected chi connectivity index (χ4v) is 2.18. The maximum absolute atomic E-state index is 12.1. The molecule has 0 spiro atoms. The Kier molecular flexibility index (Phi) is 5.36. The zero-order valence-electron chi connectivity index (χ0n) is 13.3. The highest BCUT2D eigenvalue weighted by Gasteiger charge is 2.09. The quantitative estimate of drug-likeness (QED) is 0.484. The van der Waals surface area contributed by atoms with E-state index in [4.69, 9.17) is 4.74 Å². The van der Waals surface area contributed by atoms with Gasteiger partial charge in [-0.1, -0.05) is 12.2 Å². The molecule has 1 N–H and O–H groups in total. The van der Waals surface area contributed by atoms with Crippen molar-refractivity contribution in [1.29, 1.82) is 0 Å². The summed E-state index contributed by atoms with van der Waals surface area (Å²) in [4.78, 5) is 12.1. The summed E-state index contributed by atoms with van der Waals surface area (Å²) in [6.45, 7) is 6.35. The molecule has 120 valence electrons. The summed E-state index contributed by atoms with van der Waals surface area (Å²) in [5.74, 6) is 0.345. The van der Waals surface area contributed by atoms with E-state index in [-0.39, 0.29) is 11.5 Å². The number of methoxy groups -OCH3 is 1. The number of ether oxygens (including phenoxy) is 1. The maximum atomic E-state index is 12.1. The minimum absolute atomic E-state index is 0.0973. The summed E-state index contributed by atoms with van der Waals surface area (Å²) in [6, 6.07) is 3.49. The van der Waals surface area contributed by atoms with Crippen LogP contribution in [0.5, 0.6) is 11.5 Å². The lowest BCUT2D eigenvalue weighted by Gasteiger charge is -2.09. The molecule has 2 rings (SSSR count). The number of phenolic OH excluding ortho intramolecular Hbond substituents is 1. The SMILES string of the molecule is C=CCc1cc(/C=C/C(=O)c2cnn(CC)c2)cc(OC)c1O. The van der Waals surface area contributed by atoms with Crippen molar-refractivity contribution in [3.63, 3.8) is 0 Å². The van der Waals surface area contributed by atoms with E-state index < -0.39 is 0 Å². The molecule has 5 heteroatoms. The summed E-state index contributed by atoms with van der Waals surface area (Å²) in [6.07, 6.45) is 8.66. The third kappa shape index (κ3) is 3.88. The van der Waals surface area contributed by atoms with E-state index in [1.54, 1.807) is 41.4 Å². The van der Waals surface area contributed by atoms with Crippen molar-refractivity contribution in [2.24, 2.45) is 0 Å². The van der Waals surface area contributed by atoms with Gasteiger partial charge in [0, 0.05) is 18.3 Å². The van der Waals surface area contributed by atoms with Gasteiger partial charge in [0.2, 0.25) is 0 Å². The largest absolute Gasteiger partial charge is 0.504 e. The molecule has 5 nitrogen and oxygen atoms in total. The number of aromatic nitrogens is 2. The predicted octanol–water partition coefficient (Wildman–Crippen LogP) is 3.24. The van der Waals surface area contributed by atoms with Crippen molar-refractivity contribution < 1.29 is 14.6 Å². The molecule has 1 aromatic carbocycles. The molecule has 1 aromatic heterocycles. The van der Waals surface area contributed by atoms with Gasteiger partial charge in [-0.2, -0.15) is 5.10 Å². The maximum Gasteiger partial charge on any atom is 0.189 e.